The number of aromatic amines is 1. The Labute approximate surface area is 129 Å². The lowest BCUT2D eigenvalue weighted by Crippen LogP contribution is -2.42. The number of carbonyl (C=O) groups excluding carboxylic acids is 2. The first kappa shape index (κ1) is 16.0. The number of esters is 1. The van der Waals surface area contributed by atoms with Crippen molar-refractivity contribution in [3.63, 3.8) is 0 Å². The molecule has 6 nitrogen and oxygen atoms in total. The number of rotatable bonds is 7. The predicted molar refractivity (Wildman–Crippen MR) is 84.2 cm³/mol. The van der Waals surface area contributed by atoms with Gasteiger partial charge in [-0.25, -0.2) is 0 Å². The number of fused-ring (bicyclic) bond motifs is 1. The molecule has 2 aromatic rings. The Morgan fingerprint density at radius 3 is 2.91 bits per heavy atom. The first-order valence-electron chi connectivity index (χ1n) is 7.35. The van der Waals surface area contributed by atoms with Gasteiger partial charge in [0.05, 0.1) is 19.1 Å². The summed E-state index contributed by atoms with van der Waals surface area (Å²) >= 11 is 0. The first-order valence-corrected chi connectivity index (χ1v) is 7.35. The van der Waals surface area contributed by atoms with E-state index in [9.17, 15) is 9.59 Å². The van der Waals surface area contributed by atoms with Gasteiger partial charge in [0, 0.05) is 23.6 Å². The molecular formula is C16H21N3O3. The number of aromatic nitrogens is 1. The minimum Gasteiger partial charge on any atom is -0.466 e. The van der Waals surface area contributed by atoms with E-state index in [4.69, 9.17) is 10.5 Å². The summed E-state index contributed by atoms with van der Waals surface area (Å²) in [5.74, 6) is -0.595. The smallest absolute Gasteiger partial charge is 0.307 e. The monoisotopic (exact) mass is 303 g/mol. The highest BCUT2D eigenvalue weighted by molar-refractivity contribution is 5.86. The van der Waals surface area contributed by atoms with Crippen molar-refractivity contribution < 1.29 is 14.3 Å². The van der Waals surface area contributed by atoms with Crippen LogP contribution in [0.5, 0.6) is 0 Å². The van der Waals surface area contributed by atoms with Crippen molar-refractivity contribution >= 4 is 22.8 Å². The van der Waals surface area contributed by atoms with Crippen LogP contribution in [0.15, 0.2) is 30.5 Å². The van der Waals surface area contributed by atoms with Gasteiger partial charge in [0.15, 0.2) is 0 Å². The van der Waals surface area contributed by atoms with Crippen LogP contribution >= 0.6 is 0 Å². The minimum atomic E-state index is -0.651. The topological polar surface area (TPSA) is 97.2 Å². The molecule has 0 unspecified atom stereocenters. The fraction of sp³-hybridized carbons (Fsp3) is 0.375. The van der Waals surface area contributed by atoms with Crippen molar-refractivity contribution in [3.05, 3.63) is 36.0 Å². The molecule has 118 valence electrons. The maximum Gasteiger partial charge on any atom is 0.307 e. The van der Waals surface area contributed by atoms with Crippen molar-refractivity contribution in [3.8, 4) is 0 Å². The zero-order valence-electron chi connectivity index (χ0n) is 12.6. The molecule has 0 saturated heterocycles. The molecule has 6 heteroatoms. The van der Waals surface area contributed by atoms with Crippen molar-refractivity contribution in [1.82, 2.24) is 10.3 Å². The number of para-hydroxylation sites is 1. The van der Waals surface area contributed by atoms with Crippen LogP contribution in [0.1, 0.15) is 18.9 Å². The summed E-state index contributed by atoms with van der Waals surface area (Å²) in [5.41, 5.74) is 7.96. The van der Waals surface area contributed by atoms with E-state index in [0.29, 0.717) is 13.0 Å². The average Bonchev–Trinajstić information content (AvgIpc) is 2.91. The standard InChI is InChI=1S/C16H21N3O3/c1-2-22-15(20)7-8-18-16(21)13(17)9-11-10-19-14-6-4-3-5-12(11)14/h3-6,10,13,19H,2,7-9,17H2,1H3,(H,18,21)/t13-/m1/s1. The zero-order valence-corrected chi connectivity index (χ0v) is 12.6. The number of hydrogen-bond donors (Lipinski definition) is 3. The second-order valence-corrected chi connectivity index (χ2v) is 5.02. The van der Waals surface area contributed by atoms with Gasteiger partial charge in [-0.2, -0.15) is 0 Å². The molecule has 0 aliphatic heterocycles. The molecule has 0 bridgehead atoms. The number of nitrogens with two attached hydrogens (primary N) is 1. The van der Waals surface area contributed by atoms with E-state index >= 15 is 0 Å². The number of amides is 1. The van der Waals surface area contributed by atoms with Gasteiger partial charge in [0.25, 0.3) is 0 Å². The summed E-state index contributed by atoms with van der Waals surface area (Å²) in [6, 6.07) is 7.22. The molecule has 1 aromatic heterocycles. The highest BCUT2D eigenvalue weighted by Crippen LogP contribution is 2.18. The molecule has 0 radical (unpaired) electrons. The molecular weight excluding hydrogens is 282 g/mol. The third-order valence-electron chi connectivity index (χ3n) is 3.39. The second-order valence-electron chi connectivity index (χ2n) is 5.02. The van der Waals surface area contributed by atoms with Gasteiger partial charge in [-0.1, -0.05) is 18.2 Å². The SMILES string of the molecule is CCOC(=O)CCNC(=O)[C@H](N)Cc1c[nH]c2ccccc12. The number of ether oxygens (including phenoxy) is 1. The number of nitrogens with one attached hydrogen (secondary N) is 2. The normalized spacial score (nSPS) is 12.1. The molecule has 0 saturated carbocycles. The van der Waals surface area contributed by atoms with E-state index in [1.807, 2.05) is 30.5 Å². The zero-order chi connectivity index (χ0) is 15.9. The maximum atomic E-state index is 11.9. The molecule has 22 heavy (non-hydrogen) atoms. The van der Waals surface area contributed by atoms with Crippen LogP contribution in [-0.2, 0) is 20.7 Å². The molecule has 1 aromatic carbocycles. The molecule has 1 heterocycles. The number of hydrogen-bond acceptors (Lipinski definition) is 4. The number of benzene rings is 1. The van der Waals surface area contributed by atoms with Crippen LogP contribution < -0.4 is 11.1 Å². The Kier molecular flexibility index (Phi) is 5.55. The van der Waals surface area contributed by atoms with E-state index in [2.05, 4.69) is 10.3 Å². The largest absolute Gasteiger partial charge is 0.466 e. The van der Waals surface area contributed by atoms with Gasteiger partial charge >= 0.3 is 5.97 Å². The van der Waals surface area contributed by atoms with Crippen LogP contribution in [-0.4, -0.2) is 36.1 Å². The Bertz CT molecular complexity index is 651. The highest BCUT2D eigenvalue weighted by atomic mass is 16.5. The molecule has 1 amide bonds. The van der Waals surface area contributed by atoms with Gasteiger partial charge in [0.2, 0.25) is 5.91 Å². The Hall–Kier alpha value is -2.34. The third-order valence-corrected chi connectivity index (χ3v) is 3.39. The summed E-state index contributed by atoms with van der Waals surface area (Å²) in [5, 5.41) is 3.72. The van der Waals surface area contributed by atoms with E-state index < -0.39 is 6.04 Å². The molecule has 4 N–H and O–H groups in total. The highest BCUT2D eigenvalue weighted by Gasteiger charge is 2.16. The fourth-order valence-electron chi connectivity index (χ4n) is 2.28. The van der Waals surface area contributed by atoms with Gasteiger partial charge in [-0.15, -0.1) is 0 Å². The number of carbonyl (C=O) groups is 2. The van der Waals surface area contributed by atoms with Crippen LogP contribution in [0, 0.1) is 0 Å². The molecule has 0 aliphatic carbocycles. The Balaban J connectivity index is 1.85. The van der Waals surface area contributed by atoms with E-state index in [1.54, 1.807) is 6.92 Å². The average molecular weight is 303 g/mol. The van der Waals surface area contributed by atoms with E-state index in [-0.39, 0.29) is 24.8 Å². The lowest BCUT2D eigenvalue weighted by atomic mass is 10.1. The molecule has 1 atom stereocenters. The van der Waals surface area contributed by atoms with Crippen molar-refractivity contribution in [2.24, 2.45) is 5.73 Å². The molecule has 0 aliphatic rings. The van der Waals surface area contributed by atoms with Crippen LogP contribution in [0.3, 0.4) is 0 Å². The van der Waals surface area contributed by atoms with E-state index in [1.165, 1.54) is 0 Å². The maximum absolute atomic E-state index is 11.9. The summed E-state index contributed by atoms with van der Waals surface area (Å²) < 4.78 is 4.79. The lowest BCUT2D eigenvalue weighted by Gasteiger charge is -2.11. The summed E-state index contributed by atoms with van der Waals surface area (Å²) in [7, 11) is 0. The fourth-order valence-corrected chi connectivity index (χ4v) is 2.28. The van der Waals surface area contributed by atoms with Crippen LogP contribution in [0.4, 0.5) is 0 Å². The van der Waals surface area contributed by atoms with E-state index in [0.717, 1.165) is 16.5 Å². The summed E-state index contributed by atoms with van der Waals surface area (Å²) in [6.07, 6.45) is 2.46. The first-order chi connectivity index (χ1) is 10.6. The molecule has 2 rings (SSSR count). The summed E-state index contributed by atoms with van der Waals surface area (Å²) in [4.78, 5) is 26.3. The minimum absolute atomic E-state index is 0.152. The molecule has 0 fully saturated rings. The quantitative estimate of drug-likeness (QED) is 0.667. The third kappa shape index (κ3) is 4.08. The van der Waals surface area contributed by atoms with Crippen LogP contribution in [0.25, 0.3) is 10.9 Å². The lowest BCUT2D eigenvalue weighted by molar-refractivity contribution is -0.143. The second kappa shape index (κ2) is 7.61. The van der Waals surface area contributed by atoms with Crippen LogP contribution in [0.2, 0.25) is 0 Å². The van der Waals surface area contributed by atoms with Gasteiger partial charge in [-0.3, -0.25) is 9.59 Å². The summed E-state index contributed by atoms with van der Waals surface area (Å²) in [6.45, 7) is 2.32. The van der Waals surface area contributed by atoms with Crippen molar-refractivity contribution in [2.75, 3.05) is 13.2 Å². The van der Waals surface area contributed by atoms with Gasteiger partial charge < -0.3 is 20.8 Å². The Morgan fingerprint density at radius 1 is 1.36 bits per heavy atom. The molecule has 0 spiro atoms. The Morgan fingerprint density at radius 2 is 2.14 bits per heavy atom. The van der Waals surface area contributed by atoms with Crippen molar-refractivity contribution in [1.29, 1.82) is 0 Å². The van der Waals surface area contributed by atoms with Crippen molar-refractivity contribution in [2.45, 2.75) is 25.8 Å². The van der Waals surface area contributed by atoms with Gasteiger partial charge in [-0.05, 0) is 25.0 Å². The van der Waals surface area contributed by atoms with Gasteiger partial charge in [0.1, 0.15) is 0 Å². The number of H-pyrrole nitrogens is 1. The predicted octanol–water partition coefficient (Wildman–Crippen LogP) is 1.11.